The van der Waals surface area contributed by atoms with Crippen molar-refractivity contribution in [1.82, 2.24) is 4.72 Å². The number of sulfonamides is 1. The molecule has 0 radical (unpaired) electrons. The van der Waals surface area contributed by atoms with E-state index in [4.69, 9.17) is 5.73 Å². The Morgan fingerprint density at radius 2 is 1.90 bits per heavy atom. The van der Waals surface area contributed by atoms with Gasteiger partial charge in [0.05, 0.1) is 5.69 Å². The number of nitrogens with one attached hydrogen (secondary N) is 1. The van der Waals surface area contributed by atoms with Crippen molar-refractivity contribution in [2.45, 2.75) is 44.4 Å². The minimum Gasteiger partial charge on any atom is -0.398 e. The van der Waals surface area contributed by atoms with Crippen molar-refractivity contribution in [3.63, 3.8) is 0 Å². The first-order valence-electron chi connectivity index (χ1n) is 7.24. The van der Waals surface area contributed by atoms with Crippen molar-refractivity contribution in [3.05, 3.63) is 23.8 Å². The van der Waals surface area contributed by atoms with Gasteiger partial charge < -0.3 is 5.73 Å². The fraction of sp³-hybridized carbons (Fsp3) is 0.600. The Labute approximate surface area is 121 Å². The van der Waals surface area contributed by atoms with Gasteiger partial charge in [-0.15, -0.1) is 0 Å². The van der Waals surface area contributed by atoms with E-state index in [9.17, 15) is 8.42 Å². The van der Waals surface area contributed by atoms with Gasteiger partial charge in [-0.25, -0.2) is 13.1 Å². The Kier molecular flexibility index (Phi) is 4.70. The van der Waals surface area contributed by atoms with Crippen LogP contribution in [0.5, 0.6) is 0 Å². The molecule has 0 aromatic heterocycles. The Balaban J connectivity index is 2.00. The van der Waals surface area contributed by atoms with Crippen LogP contribution in [0.2, 0.25) is 0 Å². The number of nitrogens with two attached hydrogens (primary N) is 1. The van der Waals surface area contributed by atoms with Gasteiger partial charge in [-0.2, -0.15) is 0 Å². The molecule has 5 heteroatoms. The van der Waals surface area contributed by atoms with Crippen LogP contribution in [-0.2, 0) is 10.0 Å². The fourth-order valence-corrected chi connectivity index (χ4v) is 3.98. The lowest BCUT2D eigenvalue weighted by molar-refractivity contribution is 0.290. The molecule has 1 aromatic rings. The summed E-state index contributed by atoms with van der Waals surface area (Å²) in [5, 5.41) is 0. The molecular formula is C15H24N2O2S. The van der Waals surface area contributed by atoms with Gasteiger partial charge in [0.25, 0.3) is 0 Å². The Bertz CT molecular complexity index is 561. The Hall–Kier alpha value is -1.07. The van der Waals surface area contributed by atoms with Crippen molar-refractivity contribution in [1.29, 1.82) is 0 Å². The van der Waals surface area contributed by atoms with Crippen LogP contribution in [0, 0.1) is 18.8 Å². The number of nitrogen functional groups attached to an aromatic ring is 1. The number of aryl methyl sites for hydroxylation is 1. The van der Waals surface area contributed by atoms with Crippen LogP contribution in [-0.4, -0.2) is 15.0 Å². The summed E-state index contributed by atoms with van der Waals surface area (Å²) >= 11 is 0. The molecule has 0 saturated heterocycles. The van der Waals surface area contributed by atoms with Gasteiger partial charge in [-0.1, -0.05) is 25.8 Å². The SMILES string of the molecule is Cc1ccc(S(=O)(=O)NCC2CCC(C)CC2)c(N)c1. The topological polar surface area (TPSA) is 72.2 Å². The smallest absolute Gasteiger partial charge is 0.242 e. The Morgan fingerprint density at radius 1 is 1.25 bits per heavy atom. The van der Waals surface area contributed by atoms with E-state index in [1.807, 2.05) is 6.92 Å². The molecule has 1 aliphatic rings. The van der Waals surface area contributed by atoms with E-state index in [1.165, 1.54) is 12.8 Å². The quantitative estimate of drug-likeness (QED) is 0.839. The number of anilines is 1. The molecule has 1 aromatic carbocycles. The van der Waals surface area contributed by atoms with Crippen molar-refractivity contribution in [2.24, 2.45) is 11.8 Å². The van der Waals surface area contributed by atoms with E-state index in [0.29, 0.717) is 18.2 Å². The van der Waals surface area contributed by atoms with Gasteiger partial charge in [0.15, 0.2) is 0 Å². The molecule has 0 amide bonds. The van der Waals surface area contributed by atoms with Crippen LogP contribution in [0.4, 0.5) is 5.69 Å². The maximum Gasteiger partial charge on any atom is 0.242 e. The lowest BCUT2D eigenvalue weighted by Crippen LogP contribution is -2.31. The summed E-state index contributed by atoms with van der Waals surface area (Å²) in [7, 11) is -3.50. The zero-order valence-electron chi connectivity index (χ0n) is 12.2. The van der Waals surface area contributed by atoms with Crippen LogP contribution in [0.15, 0.2) is 23.1 Å². The number of benzene rings is 1. The zero-order chi connectivity index (χ0) is 14.8. The lowest BCUT2D eigenvalue weighted by Gasteiger charge is -2.26. The first kappa shape index (κ1) is 15.3. The highest BCUT2D eigenvalue weighted by molar-refractivity contribution is 7.89. The number of hydrogen-bond acceptors (Lipinski definition) is 3. The molecule has 1 saturated carbocycles. The second-order valence-electron chi connectivity index (χ2n) is 6.02. The van der Waals surface area contributed by atoms with Gasteiger partial charge >= 0.3 is 0 Å². The second kappa shape index (κ2) is 6.14. The monoisotopic (exact) mass is 296 g/mol. The van der Waals surface area contributed by atoms with Crippen LogP contribution in [0.3, 0.4) is 0 Å². The van der Waals surface area contributed by atoms with Crippen LogP contribution in [0.25, 0.3) is 0 Å². The highest BCUT2D eigenvalue weighted by atomic mass is 32.2. The lowest BCUT2D eigenvalue weighted by atomic mass is 9.83. The van der Waals surface area contributed by atoms with Crippen LogP contribution >= 0.6 is 0 Å². The van der Waals surface area contributed by atoms with E-state index < -0.39 is 10.0 Å². The first-order chi connectivity index (χ1) is 9.38. The average Bonchev–Trinajstić information content (AvgIpc) is 2.37. The maximum atomic E-state index is 12.3. The predicted octanol–water partition coefficient (Wildman–Crippen LogP) is 2.68. The normalized spacial score (nSPS) is 23.7. The molecule has 3 N–H and O–H groups in total. The van der Waals surface area contributed by atoms with E-state index in [0.717, 1.165) is 24.3 Å². The number of rotatable bonds is 4. The molecule has 0 atom stereocenters. The number of hydrogen-bond donors (Lipinski definition) is 2. The summed E-state index contributed by atoms with van der Waals surface area (Å²) in [6, 6.07) is 5.04. The molecule has 0 unspecified atom stereocenters. The summed E-state index contributed by atoms with van der Waals surface area (Å²) in [6.07, 6.45) is 4.60. The highest BCUT2D eigenvalue weighted by Gasteiger charge is 2.22. The average molecular weight is 296 g/mol. The molecule has 2 rings (SSSR count). The molecule has 20 heavy (non-hydrogen) atoms. The summed E-state index contributed by atoms with van der Waals surface area (Å²) < 4.78 is 27.3. The molecule has 112 valence electrons. The standard InChI is InChI=1S/C15H24N2O2S/c1-11-3-6-13(7-4-11)10-17-20(18,19)15-8-5-12(2)9-14(15)16/h5,8-9,11,13,17H,3-4,6-7,10,16H2,1-2H3. The summed E-state index contributed by atoms with van der Waals surface area (Å²) in [4.78, 5) is 0.187. The van der Waals surface area contributed by atoms with E-state index in [-0.39, 0.29) is 4.90 Å². The molecule has 1 aliphatic carbocycles. The van der Waals surface area contributed by atoms with Crippen molar-refractivity contribution < 1.29 is 8.42 Å². The highest BCUT2D eigenvalue weighted by Crippen LogP contribution is 2.28. The van der Waals surface area contributed by atoms with E-state index >= 15 is 0 Å². The van der Waals surface area contributed by atoms with E-state index in [2.05, 4.69) is 11.6 Å². The van der Waals surface area contributed by atoms with Crippen molar-refractivity contribution in [3.8, 4) is 0 Å². The molecule has 1 fully saturated rings. The molecule has 0 aliphatic heterocycles. The second-order valence-corrected chi connectivity index (χ2v) is 7.75. The summed E-state index contributed by atoms with van der Waals surface area (Å²) in [5.41, 5.74) is 7.09. The molecule has 0 bridgehead atoms. The summed E-state index contributed by atoms with van der Waals surface area (Å²) in [5.74, 6) is 1.23. The van der Waals surface area contributed by atoms with Gasteiger partial charge in [-0.05, 0) is 49.3 Å². The van der Waals surface area contributed by atoms with Crippen molar-refractivity contribution in [2.75, 3.05) is 12.3 Å². The van der Waals surface area contributed by atoms with E-state index in [1.54, 1.807) is 18.2 Å². The van der Waals surface area contributed by atoms with Gasteiger partial charge in [0, 0.05) is 6.54 Å². The third-order valence-electron chi connectivity index (χ3n) is 4.15. The van der Waals surface area contributed by atoms with Crippen molar-refractivity contribution >= 4 is 15.7 Å². The van der Waals surface area contributed by atoms with Gasteiger partial charge in [-0.3, -0.25) is 0 Å². The maximum absolute atomic E-state index is 12.3. The minimum atomic E-state index is -3.50. The summed E-state index contributed by atoms with van der Waals surface area (Å²) in [6.45, 7) is 4.67. The van der Waals surface area contributed by atoms with Gasteiger partial charge in [0.2, 0.25) is 10.0 Å². The van der Waals surface area contributed by atoms with Gasteiger partial charge in [0.1, 0.15) is 4.90 Å². The minimum absolute atomic E-state index is 0.187. The molecule has 0 heterocycles. The van der Waals surface area contributed by atoms with Crippen LogP contribution < -0.4 is 10.5 Å². The largest absolute Gasteiger partial charge is 0.398 e. The third-order valence-corrected chi connectivity index (χ3v) is 5.65. The fourth-order valence-electron chi connectivity index (χ4n) is 2.75. The Morgan fingerprint density at radius 3 is 2.50 bits per heavy atom. The molecule has 4 nitrogen and oxygen atoms in total. The first-order valence-corrected chi connectivity index (χ1v) is 8.72. The van der Waals surface area contributed by atoms with Crippen LogP contribution in [0.1, 0.15) is 38.2 Å². The predicted molar refractivity (Wildman–Crippen MR) is 81.9 cm³/mol. The molecule has 0 spiro atoms. The zero-order valence-corrected chi connectivity index (χ0v) is 13.0. The third kappa shape index (κ3) is 3.73. The molecular weight excluding hydrogens is 272 g/mol.